The molecule has 0 heterocycles. The molecule has 92 valence electrons. The summed E-state index contributed by atoms with van der Waals surface area (Å²) in [5.41, 5.74) is 0.545. The van der Waals surface area contributed by atoms with E-state index in [1.165, 1.54) is 12.1 Å². The van der Waals surface area contributed by atoms with Crippen molar-refractivity contribution in [2.24, 2.45) is 0 Å². The molecule has 0 saturated heterocycles. The van der Waals surface area contributed by atoms with Gasteiger partial charge in [-0.3, -0.25) is 0 Å². The van der Waals surface area contributed by atoms with Gasteiger partial charge in [-0.05, 0) is 31.7 Å². The van der Waals surface area contributed by atoms with Crippen LogP contribution in [0, 0.1) is 23.5 Å². The van der Waals surface area contributed by atoms with E-state index in [4.69, 9.17) is 4.74 Å². The predicted molar refractivity (Wildman–Crippen MR) is 62.7 cm³/mol. The summed E-state index contributed by atoms with van der Waals surface area (Å²) in [6.07, 6.45) is 0.452. The van der Waals surface area contributed by atoms with E-state index in [2.05, 4.69) is 17.2 Å². The molecule has 0 fully saturated rings. The number of rotatable bonds is 5. The molecule has 4 heteroatoms. The Morgan fingerprint density at radius 1 is 1.29 bits per heavy atom. The van der Waals surface area contributed by atoms with Gasteiger partial charge in [-0.1, -0.05) is 0 Å². The standard InChI is InChI=1S/C13H15F2NO/c1-3-4-5-6-17-13-11(14)7-10(9-16-2)8-12(13)15/h7-8,16H,5-6,9H2,1-2H3. The molecule has 1 N–H and O–H groups in total. The molecule has 0 amide bonds. The van der Waals surface area contributed by atoms with Crippen molar-refractivity contribution in [2.45, 2.75) is 19.9 Å². The zero-order valence-corrected chi connectivity index (χ0v) is 9.94. The molecule has 1 rings (SSSR count). The summed E-state index contributed by atoms with van der Waals surface area (Å²) >= 11 is 0. The average molecular weight is 239 g/mol. The summed E-state index contributed by atoms with van der Waals surface area (Å²) in [5, 5.41) is 2.83. The Morgan fingerprint density at radius 3 is 2.47 bits per heavy atom. The molecule has 0 aliphatic rings. The largest absolute Gasteiger partial charge is 0.487 e. The smallest absolute Gasteiger partial charge is 0.190 e. The van der Waals surface area contributed by atoms with Crippen molar-refractivity contribution < 1.29 is 13.5 Å². The molecule has 0 aromatic heterocycles. The Hall–Kier alpha value is -1.60. The second-order valence-corrected chi connectivity index (χ2v) is 3.44. The lowest BCUT2D eigenvalue weighted by atomic mass is 10.2. The first-order valence-electron chi connectivity index (χ1n) is 5.34. The zero-order chi connectivity index (χ0) is 12.7. The molecule has 1 aromatic carbocycles. The van der Waals surface area contributed by atoms with Gasteiger partial charge in [-0.15, -0.1) is 11.8 Å². The molecule has 0 bridgehead atoms. The molecule has 0 aliphatic heterocycles. The first kappa shape index (κ1) is 13.5. The van der Waals surface area contributed by atoms with Crippen LogP contribution in [0.3, 0.4) is 0 Å². The number of halogens is 2. The van der Waals surface area contributed by atoms with Gasteiger partial charge >= 0.3 is 0 Å². The second-order valence-electron chi connectivity index (χ2n) is 3.44. The summed E-state index contributed by atoms with van der Waals surface area (Å²) in [4.78, 5) is 0. The van der Waals surface area contributed by atoms with Crippen molar-refractivity contribution in [3.63, 3.8) is 0 Å². The predicted octanol–water partition coefficient (Wildman–Crippen LogP) is 2.48. The highest BCUT2D eigenvalue weighted by Gasteiger charge is 2.12. The third kappa shape index (κ3) is 4.04. The van der Waals surface area contributed by atoms with E-state index in [1.807, 2.05) is 0 Å². The van der Waals surface area contributed by atoms with Gasteiger partial charge in [-0.25, -0.2) is 8.78 Å². The van der Waals surface area contributed by atoms with Crippen molar-refractivity contribution in [1.29, 1.82) is 0 Å². The lowest BCUT2D eigenvalue weighted by molar-refractivity contribution is 0.292. The van der Waals surface area contributed by atoms with E-state index < -0.39 is 11.6 Å². The monoisotopic (exact) mass is 239 g/mol. The van der Waals surface area contributed by atoms with Gasteiger partial charge in [-0.2, -0.15) is 0 Å². The van der Waals surface area contributed by atoms with Gasteiger partial charge < -0.3 is 10.1 Å². The minimum absolute atomic E-state index is 0.181. The zero-order valence-electron chi connectivity index (χ0n) is 9.94. The highest BCUT2D eigenvalue weighted by atomic mass is 19.1. The molecule has 2 nitrogen and oxygen atoms in total. The van der Waals surface area contributed by atoms with Gasteiger partial charge in [0.15, 0.2) is 17.4 Å². The van der Waals surface area contributed by atoms with Gasteiger partial charge in [0.25, 0.3) is 0 Å². The number of nitrogens with one attached hydrogen (secondary N) is 1. The van der Waals surface area contributed by atoms with E-state index in [0.29, 0.717) is 18.5 Å². The van der Waals surface area contributed by atoms with E-state index in [9.17, 15) is 8.78 Å². The summed E-state index contributed by atoms with van der Waals surface area (Å²) in [7, 11) is 1.71. The Labute approximate surface area is 100.0 Å². The average Bonchev–Trinajstić information content (AvgIpc) is 2.27. The SMILES string of the molecule is CC#CCCOc1c(F)cc(CNC)cc1F. The number of benzene rings is 1. The van der Waals surface area contributed by atoms with Crippen LogP contribution in [0.1, 0.15) is 18.9 Å². The Kier molecular flexibility index (Phi) is 5.44. The molecule has 0 unspecified atom stereocenters. The second kappa shape index (κ2) is 6.87. The van der Waals surface area contributed by atoms with Crippen LogP contribution >= 0.6 is 0 Å². The summed E-state index contributed by atoms with van der Waals surface area (Å²) in [6.45, 7) is 2.29. The first-order valence-corrected chi connectivity index (χ1v) is 5.34. The van der Waals surface area contributed by atoms with Crippen LogP contribution in [-0.2, 0) is 6.54 Å². The van der Waals surface area contributed by atoms with Crippen LogP contribution in [0.4, 0.5) is 8.78 Å². The fourth-order valence-corrected chi connectivity index (χ4v) is 1.39. The highest BCUT2D eigenvalue weighted by molar-refractivity contribution is 5.31. The normalized spacial score (nSPS) is 9.65. The molecular weight excluding hydrogens is 224 g/mol. The third-order valence-electron chi connectivity index (χ3n) is 2.09. The van der Waals surface area contributed by atoms with Crippen LogP contribution in [-0.4, -0.2) is 13.7 Å². The van der Waals surface area contributed by atoms with Crippen molar-refractivity contribution in [3.05, 3.63) is 29.3 Å². The summed E-state index contributed by atoms with van der Waals surface area (Å²) in [6, 6.07) is 2.53. The number of ether oxygens (including phenoxy) is 1. The van der Waals surface area contributed by atoms with Crippen molar-refractivity contribution in [2.75, 3.05) is 13.7 Å². The van der Waals surface area contributed by atoms with Gasteiger partial charge in [0.1, 0.15) is 0 Å². The Morgan fingerprint density at radius 2 is 1.94 bits per heavy atom. The molecule has 0 saturated carbocycles. The Balaban J connectivity index is 2.74. The molecule has 0 atom stereocenters. The quantitative estimate of drug-likeness (QED) is 0.629. The van der Waals surface area contributed by atoms with Crippen LogP contribution in [0.15, 0.2) is 12.1 Å². The fourth-order valence-electron chi connectivity index (χ4n) is 1.39. The van der Waals surface area contributed by atoms with Crippen LogP contribution in [0.5, 0.6) is 5.75 Å². The third-order valence-corrected chi connectivity index (χ3v) is 2.09. The number of hydrogen-bond donors (Lipinski definition) is 1. The summed E-state index contributed by atoms with van der Waals surface area (Å²) in [5.74, 6) is 3.75. The van der Waals surface area contributed by atoms with E-state index in [1.54, 1.807) is 14.0 Å². The van der Waals surface area contributed by atoms with E-state index in [0.717, 1.165) is 0 Å². The van der Waals surface area contributed by atoms with Gasteiger partial charge in [0, 0.05) is 13.0 Å². The maximum absolute atomic E-state index is 13.5. The maximum Gasteiger partial charge on any atom is 0.190 e. The number of hydrogen-bond acceptors (Lipinski definition) is 2. The summed E-state index contributed by atoms with van der Waals surface area (Å²) < 4.78 is 32.1. The van der Waals surface area contributed by atoms with Gasteiger partial charge in [0.2, 0.25) is 0 Å². The van der Waals surface area contributed by atoms with Crippen LogP contribution < -0.4 is 10.1 Å². The molecule has 17 heavy (non-hydrogen) atoms. The fraction of sp³-hybridized carbons (Fsp3) is 0.385. The molecule has 0 aliphatic carbocycles. The van der Waals surface area contributed by atoms with Crippen LogP contribution in [0.2, 0.25) is 0 Å². The molecule has 0 spiro atoms. The van der Waals surface area contributed by atoms with Crippen molar-refractivity contribution in [1.82, 2.24) is 5.32 Å². The highest BCUT2D eigenvalue weighted by Crippen LogP contribution is 2.23. The molecular formula is C13H15F2NO. The van der Waals surface area contributed by atoms with Crippen molar-refractivity contribution >= 4 is 0 Å². The minimum Gasteiger partial charge on any atom is -0.487 e. The van der Waals surface area contributed by atoms with E-state index in [-0.39, 0.29) is 12.4 Å². The lowest BCUT2D eigenvalue weighted by Gasteiger charge is -2.08. The van der Waals surface area contributed by atoms with Crippen LogP contribution in [0.25, 0.3) is 0 Å². The van der Waals surface area contributed by atoms with Crippen molar-refractivity contribution in [3.8, 4) is 17.6 Å². The first-order chi connectivity index (χ1) is 8.19. The maximum atomic E-state index is 13.5. The van der Waals surface area contributed by atoms with Gasteiger partial charge in [0.05, 0.1) is 6.61 Å². The molecule has 0 radical (unpaired) electrons. The van der Waals surface area contributed by atoms with E-state index >= 15 is 0 Å². The lowest BCUT2D eigenvalue weighted by Crippen LogP contribution is -2.07. The minimum atomic E-state index is -0.681. The topological polar surface area (TPSA) is 21.3 Å². The molecule has 1 aromatic rings. The Bertz CT molecular complexity index is 412.